The van der Waals surface area contributed by atoms with Crippen LogP contribution in [0.3, 0.4) is 0 Å². The molecule has 2 aromatic carbocycles. The van der Waals surface area contributed by atoms with Gasteiger partial charge in [0.25, 0.3) is 11.1 Å². The number of carbonyl (C=O) groups is 3. The van der Waals surface area contributed by atoms with Crippen molar-refractivity contribution < 1.29 is 33.3 Å². The van der Waals surface area contributed by atoms with Crippen LogP contribution >= 0.6 is 11.8 Å². The number of nitrogens with one attached hydrogen (secondary N) is 1. The maximum Gasteiger partial charge on any atom is 0.294 e. The summed E-state index contributed by atoms with van der Waals surface area (Å²) in [7, 11) is 1.50. The highest BCUT2D eigenvalue weighted by atomic mass is 32.2. The standard InChI is InChI=1S/C22H20N2O7S/c1-3-29-15-6-4-14(5-7-15)23-19(25)11-24-21(26)18(32-22(24)27)10-13-8-16(28-2)20-17(9-13)30-12-31-20/h4-10H,3,11-12H2,1-2H3,(H,23,25)/b18-10+. The molecule has 2 aliphatic heterocycles. The van der Waals surface area contributed by atoms with E-state index in [2.05, 4.69) is 5.32 Å². The van der Waals surface area contributed by atoms with E-state index < -0.39 is 17.1 Å². The Morgan fingerprint density at radius 2 is 2.00 bits per heavy atom. The number of nitrogens with zero attached hydrogens (tertiary/aromatic N) is 1. The van der Waals surface area contributed by atoms with Crippen LogP contribution in [-0.4, -0.2) is 49.0 Å². The highest BCUT2D eigenvalue weighted by Crippen LogP contribution is 2.43. The van der Waals surface area contributed by atoms with E-state index in [9.17, 15) is 14.4 Å². The third-order valence-electron chi connectivity index (χ3n) is 4.60. The van der Waals surface area contributed by atoms with E-state index >= 15 is 0 Å². The summed E-state index contributed by atoms with van der Waals surface area (Å²) < 4.78 is 21.4. The first-order valence-corrected chi connectivity index (χ1v) is 10.6. The number of carbonyl (C=O) groups excluding carboxylic acids is 3. The molecule has 0 aliphatic carbocycles. The number of thioether (sulfide) groups is 1. The van der Waals surface area contributed by atoms with Gasteiger partial charge in [0.15, 0.2) is 11.5 Å². The molecule has 0 unspecified atom stereocenters. The fourth-order valence-corrected chi connectivity index (χ4v) is 4.00. The van der Waals surface area contributed by atoms with Crippen LogP contribution in [0.25, 0.3) is 6.08 Å². The molecule has 10 heteroatoms. The fraction of sp³-hybridized carbons (Fsp3) is 0.227. The van der Waals surface area contributed by atoms with Crippen LogP contribution in [0, 0.1) is 0 Å². The van der Waals surface area contributed by atoms with Gasteiger partial charge in [-0.15, -0.1) is 0 Å². The minimum absolute atomic E-state index is 0.0785. The summed E-state index contributed by atoms with van der Waals surface area (Å²) in [5, 5.41) is 2.15. The van der Waals surface area contributed by atoms with Gasteiger partial charge in [-0.3, -0.25) is 19.3 Å². The summed E-state index contributed by atoms with van der Waals surface area (Å²) in [5.41, 5.74) is 1.14. The highest BCUT2D eigenvalue weighted by molar-refractivity contribution is 8.18. The van der Waals surface area contributed by atoms with Crippen LogP contribution in [0.5, 0.6) is 23.0 Å². The Balaban J connectivity index is 1.44. The maximum absolute atomic E-state index is 12.7. The number of hydrogen-bond acceptors (Lipinski definition) is 8. The predicted octanol–water partition coefficient (Wildman–Crippen LogP) is 3.50. The third kappa shape index (κ3) is 4.50. The number of fused-ring (bicyclic) bond motifs is 1. The second-order valence-electron chi connectivity index (χ2n) is 6.73. The molecule has 2 aromatic rings. The lowest BCUT2D eigenvalue weighted by Gasteiger charge is -2.12. The van der Waals surface area contributed by atoms with Crippen LogP contribution in [0.15, 0.2) is 41.3 Å². The average molecular weight is 456 g/mol. The van der Waals surface area contributed by atoms with E-state index in [0.29, 0.717) is 40.9 Å². The summed E-state index contributed by atoms with van der Waals surface area (Å²) >= 11 is 0.768. The molecule has 1 N–H and O–H groups in total. The molecular formula is C22H20N2O7S. The topological polar surface area (TPSA) is 103 Å². The van der Waals surface area contributed by atoms with Crippen molar-refractivity contribution in [2.45, 2.75) is 6.92 Å². The first-order chi connectivity index (χ1) is 15.5. The van der Waals surface area contributed by atoms with Gasteiger partial charge in [0.05, 0.1) is 18.6 Å². The van der Waals surface area contributed by atoms with Gasteiger partial charge in [0, 0.05) is 5.69 Å². The molecule has 9 nitrogen and oxygen atoms in total. The van der Waals surface area contributed by atoms with E-state index in [0.717, 1.165) is 16.7 Å². The number of anilines is 1. The SMILES string of the molecule is CCOc1ccc(NC(=O)CN2C(=O)S/C(=C/c3cc(OC)c4c(c3)OCO4)C2=O)cc1. The number of ether oxygens (including phenoxy) is 4. The minimum Gasteiger partial charge on any atom is -0.494 e. The van der Waals surface area contributed by atoms with Crippen LogP contribution in [0.4, 0.5) is 10.5 Å². The second-order valence-corrected chi connectivity index (χ2v) is 7.72. The van der Waals surface area contributed by atoms with Crippen molar-refractivity contribution in [2.24, 2.45) is 0 Å². The number of imide groups is 1. The average Bonchev–Trinajstić information content (AvgIpc) is 3.35. The number of rotatable bonds is 7. The van der Waals surface area contributed by atoms with Crippen molar-refractivity contribution in [3.8, 4) is 23.0 Å². The zero-order valence-electron chi connectivity index (χ0n) is 17.4. The smallest absolute Gasteiger partial charge is 0.294 e. The molecular weight excluding hydrogens is 436 g/mol. The maximum atomic E-state index is 12.7. The van der Waals surface area contributed by atoms with Gasteiger partial charge < -0.3 is 24.3 Å². The van der Waals surface area contributed by atoms with Crippen LogP contribution < -0.4 is 24.3 Å². The number of amides is 3. The lowest BCUT2D eigenvalue weighted by atomic mass is 10.1. The normalized spacial score (nSPS) is 15.9. The summed E-state index contributed by atoms with van der Waals surface area (Å²) in [6.45, 7) is 2.11. The van der Waals surface area contributed by atoms with E-state index in [-0.39, 0.29) is 18.2 Å². The van der Waals surface area contributed by atoms with Crippen molar-refractivity contribution in [2.75, 3.05) is 32.4 Å². The Kier molecular flexibility index (Phi) is 6.22. The van der Waals surface area contributed by atoms with Crippen molar-refractivity contribution in [1.82, 2.24) is 4.90 Å². The molecule has 4 rings (SSSR count). The van der Waals surface area contributed by atoms with E-state index in [1.807, 2.05) is 6.92 Å². The van der Waals surface area contributed by atoms with Crippen molar-refractivity contribution in [1.29, 1.82) is 0 Å². The molecule has 1 saturated heterocycles. The lowest BCUT2D eigenvalue weighted by Crippen LogP contribution is -2.36. The summed E-state index contributed by atoms with van der Waals surface area (Å²) in [4.78, 5) is 38.6. The number of hydrogen-bond donors (Lipinski definition) is 1. The summed E-state index contributed by atoms with van der Waals surface area (Å²) in [5.74, 6) is 1.09. The molecule has 166 valence electrons. The van der Waals surface area contributed by atoms with Gasteiger partial charge in [-0.1, -0.05) is 0 Å². The monoisotopic (exact) mass is 456 g/mol. The Bertz CT molecular complexity index is 1100. The van der Waals surface area contributed by atoms with Crippen LogP contribution in [-0.2, 0) is 9.59 Å². The van der Waals surface area contributed by atoms with Gasteiger partial charge in [-0.2, -0.15) is 0 Å². The van der Waals surface area contributed by atoms with E-state index in [1.165, 1.54) is 7.11 Å². The number of methoxy groups -OCH3 is 1. The zero-order chi connectivity index (χ0) is 22.7. The van der Waals surface area contributed by atoms with E-state index in [4.69, 9.17) is 18.9 Å². The fourth-order valence-electron chi connectivity index (χ4n) is 3.17. The summed E-state index contributed by atoms with van der Waals surface area (Å²) in [6.07, 6.45) is 1.56. The molecule has 0 atom stereocenters. The van der Waals surface area contributed by atoms with Gasteiger partial charge in [-0.25, -0.2) is 0 Å². The second kappa shape index (κ2) is 9.23. The summed E-state index contributed by atoms with van der Waals surface area (Å²) in [6, 6.07) is 10.2. The van der Waals surface area contributed by atoms with Gasteiger partial charge in [-0.05, 0) is 66.7 Å². The molecule has 0 saturated carbocycles. The Morgan fingerprint density at radius 3 is 2.72 bits per heavy atom. The minimum atomic E-state index is -0.543. The molecule has 32 heavy (non-hydrogen) atoms. The molecule has 0 spiro atoms. The van der Waals surface area contributed by atoms with Crippen LogP contribution in [0.2, 0.25) is 0 Å². The van der Waals surface area contributed by atoms with Gasteiger partial charge >= 0.3 is 0 Å². The van der Waals surface area contributed by atoms with Gasteiger partial charge in [0.1, 0.15) is 12.3 Å². The first-order valence-electron chi connectivity index (χ1n) is 9.74. The molecule has 0 aromatic heterocycles. The molecule has 0 bridgehead atoms. The van der Waals surface area contributed by atoms with Gasteiger partial charge in [0.2, 0.25) is 18.4 Å². The molecule has 2 aliphatic rings. The number of benzene rings is 2. The Hall–Kier alpha value is -3.66. The lowest BCUT2D eigenvalue weighted by molar-refractivity contribution is -0.127. The van der Waals surface area contributed by atoms with E-state index in [1.54, 1.807) is 42.5 Å². The van der Waals surface area contributed by atoms with Crippen molar-refractivity contribution >= 4 is 40.6 Å². The van der Waals surface area contributed by atoms with Crippen molar-refractivity contribution in [3.05, 3.63) is 46.9 Å². The Labute approximate surface area is 188 Å². The van der Waals surface area contributed by atoms with Crippen LogP contribution in [0.1, 0.15) is 12.5 Å². The third-order valence-corrected chi connectivity index (χ3v) is 5.51. The molecule has 0 radical (unpaired) electrons. The van der Waals surface area contributed by atoms with Crippen molar-refractivity contribution in [3.63, 3.8) is 0 Å². The first kappa shape index (κ1) is 21.6. The largest absolute Gasteiger partial charge is 0.494 e. The zero-order valence-corrected chi connectivity index (χ0v) is 18.2. The Morgan fingerprint density at radius 1 is 1.22 bits per heavy atom. The molecule has 1 fully saturated rings. The highest BCUT2D eigenvalue weighted by Gasteiger charge is 2.36. The quantitative estimate of drug-likeness (QED) is 0.632. The molecule has 3 amide bonds. The molecule has 2 heterocycles. The predicted molar refractivity (Wildman–Crippen MR) is 118 cm³/mol.